The molecule has 1 heterocycles. The number of benzene rings is 1. The molecule has 0 saturated heterocycles. The lowest BCUT2D eigenvalue weighted by molar-refractivity contribution is 0.0523. The average molecular weight is 247 g/mol. The van der Waals surface area contributed by atoms with Crippen LogP contribution in [-0.2, 0) is 4.74 Å². The summed E-state index contributed by atoms with van der Waals surface area (Å²) >= 11 is 0. The van der Waals surface area contributed by atoms with Gasteiger partial charge >= 0.3 is 6.09 Å². The van der Waals surface area contributed by atoms with Gasteiger partial charge in [-0.15, -0.1) is 0 Å². The molecule has 0 radical (unpaired) electrons. The monoisotopic (exact) mass is 247 g/mol. The zero-order valence-electron chi connectivity index (χ0n) is 11.0. The Kier molecular flexibility index (Phi) is 2.98. The average Bonchev–Trinajstić information content (AvgIpc) is 2.69. The van der Waals surface area contributed by atoms with Crippen LogP contribution in [0.15, 0.2) is 24.4 Å². The number of carbonyl (C=O) groups is 1. The Labute approximate surface area is 106 Å². The van der Waals surface area contributed by atoms with Crippen molar-refractivity contribution in [1.82, 2.24) is 9.78 Å². The van der Waals surface area contributed by atoms with Crippen molar-refractivity contribution < 1.29 is 9.53 Å². The van der Waals surface area contributed by atoms with Gasteiger partial charge in [0.1, 0.15) is 5.60 Å². The molecule has 96 valence electrons. The molecule has 2 aromatic rings. The van der Waals surface area contributed by atoms with Gasteiger partial charge in [-0.05, 0) is 39.0 Å². The molecule has 0 fully saturated rings. The molecule has 2 rings (SSSR count). The molecule has 0 atom stereocenters. The molecule has 1 aromatic heterocycles. The van der Waals surface area contributed by atoms with E-state index in [1.807, 2.05) is 46.0 Å². The van der Waals surface area contributed by atoms with Gasteiger partial charge in [0.15, 0.2) is 0 Å². The highest BCUT2D eigenvalue weighted by Gasteiger charge is 2.19. The lowest BCUT2D eigenvalue weighted by Gasteiger charge is -2.19. The van der Waals surface area contributed by atoms with Crippen molar-refractivity contribution >= 4 is 22.7 Å². The zero-order valence-corrected chi connectivity index (χ0v) is 11.0. The zero-order chi connectivity index (χ0) is 13.3. The quantitative estimate of drug-likeness (QED) is 0.841. The number of rotatable bonds is 1. The predicted octanol–water partition coefficient (Wildman–Crippen LogP) is 2.86. The van der Waals surface area contributed by atoms with E-state index in [4.69, 9.17) is 4.74 Å². The molecule has 5 heteroatoms. The third-order valence-corrected chi connectivity index (χ3v) is 2.43. The molecule has 0 spiro atoms. The van der Waals surface area contributed by atoms with Crippen LogP contribution in [0.25, 0.3) is 10.9 Å². The van der Waals surface area contributed by atoms with E-state index in [1.54, 1.807) is 6.20 Å². The lowest BCUT2D eigenvalue weighted by atomic mass is 10.2. The fourth-order valence-corrected chi connectivity index (χ4v) is 1.62. The van der Waals surface area contributed by atoms with Gasteiger partial charge in [-0.25, -0.2) is 4.79 Å². The highest BCUT2D eigenvalue weighted by atomic mass is 16.6. The van der Waals surface area contributed by atoms with E-state index in [2.05, 4.69) is 10.4 Å². The molecule has 0 saturated carbocycles. The van der Waals surface area contributed by atoms with Gasteiger partial charge in [-0.1, -0.05) is 0 Å². The Bertz CT molecular complexity index is 581. The third kappa shape index (κ3) is 2.45. The summed E-state index contributed by atoms with van der Waals surface area (Å²) in [6.07, 6.45) is 1.18. The van der Waals surface area contributed by atoms with Crippen LogP contribution < -0.4 is 5.32 Å². The molecule has 0 aliphatic heterocycles. The van der Waals surface area contributed by atoms with Crippen molar-refractivity contribution in [3.63, 3.8) is 0 Å². The number of anilines is 1. The summed E-state index contributed by atoms with van der Waals surface area (Å²) in [5.41, 5.74) is 1.12. The largest absolute Gasteiger partial charge is 0.442 e. The Balaban J connectivity index is 2.42. The fourth-order valence-electron chi connectivity index (χ4n) is 1.62. The van der Waals surface area contributed by atoms with Gasteiger partial charge in [0, 0.05) is 18.1 Å². The van der Waals surface area contributed by atoms with E-state index in [1.165, 1.54) is 4.68 Å². The number of hydrogen-bond donors (Lipinski definition) is 1. The number of nitrogens with one attached hydrogen (secondary N) is 1. The van der Waals surface area contributed by atoms with Gasteiger partial charge < -0.3 is 10.1 Å². The van der Waals surface area contributed by atoms with E-state index < -0.39 is 11.7 Å². The van der Waals surface area contributed by atoms with Gasteiger partial charge in [-0.2, -0.15) is 9.78 Å². The highest BCUT2D eigenvalue weighted by molar-refractivity contribution is 5.89. The Morgan fingerprint density at radius 3 is 2.72 bits per heavy atom. The number of fused-ring (bicyclic) bond motifs is 1. The van der Waals surface area contributed by atoms with E-state index in [-0.39, 0.29) is 0 Å². The number of carbonyl (C=O) groups excluding carboxylic acids is 1. The first kappa shape index (κ1) is 12.4. The normalized spacial score (nSPS) is 11.6. The summed E-state index contributed by atoms with van der Waals surface area (Å²) in [5.74, 6) is 0. The number of nitrogens with zero attached hydrogens (tertiary/aromatic N) is 2. The molecule has 0 bridgehead atoms. The standard InChI is InChI=1S/C13H17N3O2/c1-13(2,3)18-12(17)16-11-7-10(14-4)6-5-9(11)8-15-16/h5-8,14H,1-4H3. The van der Waals surface area contributed by atoms with Crippen LogP contribution in [0.1, 0.15) is 20.8 Å². The van der Waals surface area contributed by atoms with Crippen LogP contribution in [0.2, 0.25) is 0 Å². The second kappa shape index (κ2) is 4.33. The molecular weight excluding hydrogens is 230 g/mol. The van der Waals surface area contributed by atoms with Crippen molar-refractivity contribution in [2.75, 3.05) is 12.4 Å². The molecule has 0 aliphatic rings. The summed E-state index contributed by atoms with van der Waals surface area (Å²) in [4.78, 5) is 12.0. The van der Waals surface area contributed by atoms with Gasteiger partial charge in [0.25, 0.3) is 0 Å². The molecule has 1 aromatic carbocycles. The summed E-state index contributed by atoms with van der Waals surface area (Å²) in [5, 5.41) is 8.00. The van der Waals surface area contributed by atoms with Crippen molar-refractivity contribution in [3.8, 4) is 0 Å². The second-order valence-electron chi connectivity index (χ2n) is 5.06. The molecule has 18 heavy (non-hydrogen) atoms. The van der Waals surface area contributed by atoms with Crippen LogP contribution in [0.5, 0.6) is 0 Å². The van der Waals surface area contributed by atoms with Gasteiger partial charge in [0.2, 0.25) is 0 Å². The van der Waals surface area contributed by atoms with E-state index >= 15 is 0 Å². The maximum Gasteiger partial charge on any atom is 0.435 e. The highest BCUT2D eigenvalue weighted by Crippen LogP contribution is 2.20. The first-order valence-corrected chi connectivity index (χ1v) is 5.79. The molecule has 5 nitrogen and oxygen atoms in total. The Morgan fingerprint density at radius 2 is 2.11 bits per heavy atom. The second-order valence-corrected chi connectivity index (χ2v) is 5.06. The topological polar surface area (TPSA) is 56.2 Å². The minimum absolute atomic E-state index is 0.467. The predicted molar refractivity (Wildman–Crippen MR) is 70.9 cm³/mol. The van der Waals surface area contributed by atoms with Gasteiger partial charge in [-0.3, -0.25) is 0 Å². The summed E-state index contributed by atoms with van der Waals surface area (Å²) in [7, 11) is 1.83. The van der Waals surface area contributed by atoms with Gasteiger partial charge in [0.05, 0.1) is 11.7 Å². The molecule has 1 N–H and O–H groups in total. The number of hydrogen-bond acceptors (Lipinski definition) is 4. The minimum atomic E-state index is -0.532. The molecule has 0 aliphatic carbocycles. The first-order chi connectivity index (χ1) is 8.40. The lowest BCUT2D eigenvalue weighted by Crippen LogP contribution is -2.27. The first-order valence-electron chi connectivity index (χ1n) is 5.79. The van der Waals surface area contributed by atoms with E-state index in [0.717, 1.165) is 16.6 Å². The number of ether oxygens (including phenoxy) is 1. The Morgan fingerprint density at radius 1 is 1.39 bits per heavy atom. The van der Waals surface area contributed by atoms with Crippen LogP contribution >= 0.6 is 0 Å². The maximum absolute atomic E-state index is 12.0. The van der Waals surface area contributed by atoms with Crippen molar-refractivity contribution in [2.24, 2.45) is 0 Å². The third-order valence-electron chi connectivity index (χ3n) is 2.43. The van der Waals surface area contributed by atoms with Crippen molar-refractivity contribution in [3.05, 3.63) is 24.4 Å². The van der Waals surface area contributed by atoms with Crippen molar-refractivity contribution in [2.45, 2.75) is 26.4 Å². The van der Waals surface area contributed by atoms with Crippen molar-refractivity contribution in [1.29, 1.82) is 0 Å². The molecular formula is C13H17N3O2. The van der Waals surface area contributed by atoms with Crippen LogP contribution in [0, 0.1) is 0 Å². The molecule has 0 amide bonds. The van der Waals surface area contributed by atoms with E-state index in [0.29, 0.717) is 0 Å². The van der Waals surface area contributed by atoms with E-state index in [9.17, 15) is 4.79 Å². The smallest absolute Gasteiger partial charge is 0.435 e. The maximum atomic E-state index is 12.0. The Hall–Kier alpha value is -2.04. The number of aromatic nitrogens is 2. The minimum Gasteiger partial charge on any atom is -0.442 e. The fraction of sp³-hybridized carbons (Fsp3) is 0.385. The van der Waals surface area contributed by atoms with Crippen LogP contribution in [0.4, 0.5) is 10.5 Å². The summed E-state index contributed by atoms with van der Waals surface area (Å²) < 4.78 is 6.58. The van der Waals surface area contributed by atoms with Crippen LogP contribution in [-0.4, -0.2) is 28.5 Å². The summed E-state index contributed by atoms with van der Waals surface area (Å²) in [6.45, 7) is 5.49. The molecule has 0 unspecified atom stereocenters. The SMILES string of the molecule is CNc1ccc2cnn(C(=O)OC(C)(C)C)c2c1. The summed E-state index contributed by atoms with van der Waals surface area (Å²) in [6, 6.07) is 5.71. The van der Waals surface area contributed by atoms with Crippen LogP contribution in [0.3, 0.4) is 0 Å².